The van der Waals surface area contributed by atoms with Crippen LogP contribution in [-0.2, 0) is 9.53 Å². The molecule has 1 N–H and O–H groups in total. The van der Waals surface area contributed by atoms with Gasteiger partial charge >= 0.3 is 0 Å². The van der Waals surface area contributed by atoms with Gasteiger partial charge in [0.2, 0.25) is 0 Å². The first-order valence-electron chi connectivity index (χ1n) is 2.73. The van der Waals surface area contributed by atoms with Crippen LogP contribution in [0.1, 0.15) is 6.92 Å². The summed E-state index contributed by atoms with van der Waals surface area (Å²) in [5, 5.41) is 2.74. The van der Waals surface area contributed by atoms with Crippen molar-refractivity contribution < 1.29 is 9.53 Å². The van der Waals surface area contributed by atoms with Crippen molar-refractivity contribution in [2.24, 2.45) is 0 Å². The van der Waals surface area contributed by atoms with Gasteiger partial charge < -0.3 is 14.8 Å². The molecule has 0 spiro atoms. The lowest BCUT2D eigenvalue weighted by Crippen LogP contribution is -2.16. The van der Waals surface area contributed by atoms with Crippen LogP contribution in [0.5, 0.6) is 0 Å². The molecule has 0 heterocycles. The molecule has 0 aromatic rings. The van der Waals surface area contributed by atoms with E-state index in [0.717, 1.165) is 6.29 Å². The standard InChI is InChI=1S/C6H11NO2/c1-3-6(9-2)7-4-5-8/h3,5,7H,4H2,1-2H3/b6-3+. The fourth-order valence-corrected chi connectivity index (χ4v) is 0.434. The molecule has 9 heavy (non-hydrogen) atoms. The lowest BCUT2D eigenvalue weighted by Gasteiger charge is -2.03. The summed E-state index contributed by atoms with van der Waals surface area (Å²) in [7, 11) is 1.55. The van der Waals surface area contributed by atoms with Crippen LogP contribution in [0.15, 0.2) is 12.0 Å². The van der Waals surface area contributed by atoms with Gasteiger partial charge in [-0.2, -0.15) is 0 Å². The highest BCUT2D eigenvalue weighted by Crippen LogP contribution is 1.85. The Bertz CT molecular complexity index is 110. The highest BCUT2D eigenvalue weighted by molar-refractivity contribution is 5.52. The number of carbonyl (C=O) groups is 1. The Morgan fingerprint density at radius 3 is 2.78 bits per heavy atom. The largest absolute Gasteiger partial charge is 0.483 e. The van der Waals surface area contributed by atoms with E-state index in [4.69, 9.17) is 4.74 Å². The topological polar surface area (TPSA) is 38.3 Å². The van der Waals surface area contributed by atoms with Crippen LogP contribution in [0.3, 0.4) is 0 Å². The molecule has 0 saturated heterocycles. The maximum Gasteiger partial charge on any atom is 0.182 e. The van der Waals surface area contributed by atoms with Crippen molar-refractivity contribution >= 4 is 6.29 Å². The summed E-state index contributed by atoms with van der Waals surface area (Å²) < 4.78 is 4.79. The van der Waals surface area contributed by atoms with Gasteiger partial charge in [0, 0.05) is 0 Å². The average Bonchev–Trinajstić information content (AvgIpc) is 1.91. The molecule has 0 aliphatic carbocycles. The van der Waals surface area contributed by atoms with Gasteiger partial charge in [0.25, 0.3) is 0 Å². The summed E-state index contributed by atoms with van der Waals surface area (Å²) in [6.07, 6.45) is 2.53. The van der Waals surface area contributed by atoms with Gasteiger partial charge in [-0.15, -0.1) is 0 Å². The summed E-state index contributed by atoms with van der Waals surface area (Å²) in [5.74, 6) is 0.627. The number of aldehydes is 1. The molecule has 3 heteroatoms. The van der Waals surface area contributed by atoms with Crippen LogP contribution in [0, 0.1) is 0 Å². The molecule has 0 unspecified atom stereocenters. The van der Waals surface area contributed by atoms with Gasteiger partial charge in [-0.3, -0.25) is 0 Å². The Morgan fingerprint density at radius 1 is 1.78 bits per heavy atom. The molecule has 3 nitrogen and oxygen atoms in total. The Morgan fingerprint density at radius 2 is 2.44 bits per heavy atom. The first kappa shape index (κ1) is 8.01. The molecule has 0 amide bonds. The minimum atomic E-state index is 0.299. The Labute approximate surface area is 54.7 Å². The number of hydrogen-bond donors (Lipinski definition) is 1. The summed E-state index contributed by atoms with van der Waals surface area (Å²) >= 11 is 0. The molecule has 0 fully saturated rings. The highest BCUT2D eigenvalue weighted by atomic mass is 16.5. The molecular weight excluding hydrogens is 118 g/mol. The maximum absolute atomic E-state index is 9.80. The molecule has 0 bridgehead atoms. The van der Waals surface area contributed by atoms with Gasteiger partial charge in [-0.1, -0.05) is 0 Å². The fraction of sp³-hybridized carbons (Fsp3) is 0.500. The van der Waals surface area contributed by atoms with Crippen molar-refractivity contribution in [3.8, 4) is 0 Å². The number of allylic oxidation sites excluding steroid dienone is 1. The first-order valence-corrected chi connectivity index (χ1v) is 2.73. The van der Waals surface area contributed by atoms with E-state index in [0.29, 0.717) is 12.4 Å². The molecule has 0 saturated carbocycles. The van der Waals surface area contributed by atoms with E-state index < -0.39 is 0 Å². The van der Waals surface area contributed by atoms with E-state index in [2.05, 4.69) is 5.32 Å². The minimum absolute atomic E-state index is 0.299. The minimum Gasteiger partial charge on any atom is -0.483 e. The zero-order valence-corrected chi connectivity index (χ0v) is 5.68. The number of rotatable bonds is 4. The lowest BCUT2D eigenvalue weighted by atomic mass is 10.6. The monoisotopic (exact) mass is 129 g/mol. The average molecular weight is 129 g/mol. The van der Waals surface area contributed by atoms with E-state index in [-0.39, 0.29) is 0 Å². The molecule has 0 rings (SSSR count). The molecule has 0 aliphatic heterocycles. The Kier molecular flexibility index (Phi) is 4.59. The summed E-state index contributed by atoms with van der Waals surface area (Å²) in [4.78, 5) is 9.80. The van der Waals surface area contributed by atoms with E-state index in [1.54, 1.807) is 13.2 Å². The Balaban J connectivity index is 3.44. The van der Waals surface area contributed by atoms with Crippen molar-refractivity contribution in [1.82, 2.24) is 5.32 Å². The number of ether oxygens (including phenoxy) is 1. The van der Waals surface area contributed by atoms with E-state index in [1.807, 2.05) is 6.92 Å². The van der Waals surface area contributed by atoms with Crippen LogP contribution in [0.2, 0.25) is 0 Å². The van der Waals surface area contributed by atoms with Gasteiger partial charge in [-0.05, 0) is 13.0 Å². The zero-order valence-electron chi connectivity index (χ0n) is 5.68. The van der Waals surface area contributed by atoms with Crippen molar-refractivity contribution in [3.05, 3.63) is 12.0 Å². The zero-order chi connectivity index (χ0) is 7.11. The normalized spacial score (nSPS) is 10.7. The summed E-state index contributed by atoms with van der Waals surface area (Å²) in [6.45, 7) is 2.13. The van der Waals surface area contributed by atoms with Crippen LogP contribution >= 0.6 is 0 Å². The molecule has 0 aromatic heterocycles. The van der Waals surface area contributed by atoms with Crippen LogP contribution in [0.25, 0.3) is 0 Å². The van der Waals surface area contributed by atoms with Crippen LogP contribution in [0.4, 0.5) is 0 Å². The van der Waals surface area contributed by atoms with E-state index in [9.17, 15) is 4.79 Å². The summed E-state index contributed by atoms with van der Waals surface area (Å²) in [6, 6.07) is 0. The number of methoxy groups -OCH3 is 1. The second-order valence-corrected chi connectivity index (χ2v) is 1.40. The molecule has 0 aliphatic rings. The first-order chi connectivity index (χ1) is 4.35. The van der Waals surface area contributed by atoms with Crippen molar-refractivity contribution in [1.29, 1.82) is 0 Å². The van der Waals surface area contributed by atoms with Gasteiger partial charge in [-0.25, -0.2) is 0 Å². The molecule has 0 aromatic carbocycles. The third-order valence-electron chi connectivity index (χ3n) is 0.842. The van der Waals surface area contributed by atoms with E-state index in [1.165, 1.54) is 0 Å². The highest BCUT2D eigenvalue weighted by Gasteiger charge is 1.87. The predicted octanol–water partition coefficient (Wildman–Crippen LogP) is 0.283. The maximum atomic E-state index is 9.80. The molecule has 0 atom stereocenters. The van der Waals surface area contributed by atoms with Crippen LogP contribution in [-0.4, -0.2) is 19.9 Å². The second kappa shape index (κ2) is 5.15. The fourth-order valence-electron chi connectivity index (χ4n) is 0.434. The van der Waals surface area contributed by atoms with E-state index >= 15 is 0 Å². The van der Waals surface area contributed by atoms with Crippen molar-refractivity contribution in [2.75, 3.05) is 13.7 Å². The Hall–Kier alpha value is -0.990. The number of carbonyl (C=O) groups excluding carboxylic acids is 1. The quantitative estimate of drug-likeness (QED) is 0.437. The number of hydrogen-bond acceptors (Lipinski definition) is 3. The third kappa shape index (κ3) is 3.58. The molecule has 0 radical (unpaired) electrons. The van der Waals surface area contributed by atoms with Crippen LogP contribution < -0.4 is 5.32 Å². The van der Waals surface area contributed by atoms with Crippen molar-refractivity contribution in [2.45, 2.75) is 6.92 Å². The van der Waals surface area contributed by atoms with Gasteiger partial charge in [0.05, 0.1) is 13.7 Å². The molecular formula is C6H11NO2. The smallest absolute Gasteiger partial charge is 0.182 e. The lowest BCUT2D eigenvalue weighted by molar-refractivity contribution is -0.107. The summed E-state index contributed by atoms with van der Waals surface area (Å²) in [5.41, 5.74) is 0. The third-order valence-corrected chi connectivity index (χ3v) is 0.842. The predicted molar refractivity (Wildman–Crippen MR) is 34.8 cm³/mol. The van der Waals surface area contributed by atoms with Gasteiger partial charge in [0.15, 0.2) is 5.88 Å². The second-order valence-electron chi connectivity index (χ2n) is 1.40. The SMILES string of the molecule is C/C=C(\NCC=O)OC. The van der Waals surface area contributed by atoms with Gasteiger partial charge in [0.1, 0.15) is 6.29 Å². The molecule has 52 valence electrons. The number of nitrogens with one attached hydrogen (secondary N) is 1. The van der Waals surface area contributed by atoms with Crippen molar-refractivity contribution in [3.63, 3.8) is 0 Å².